The summed E-state index contributed by atoms with van der Waals surface area (Å²) in [7, 11) is 0. The molecule has 5 heteroatoms. The lowest BCUT2D eigenvalue weighted by atomic mass is 10.0. The molecule has 2 aromatic rings. The fourth-order valence-electron chi connectivity index (χ4n) is 3.10. The average Bonchev–Trinajstić information content (AvgIpc) is 2.60. The van der Waals surface area contributed by atoms with Crippen LogP contribution in [0.4, 0.5) is 5.82 Å². The maximum Gasteiger partial charge on any atom is 0.270 e. The molecule has 126 valence electrons. The molecule has 5 nitrogen and oxygen atoms in total. The van der Waals surface area contributed by atoms with Crippen molar-refractivity contribution in [3.05, 3.63) is 53.5 Å². The van der Waals surface area contributed by atoms with Gasteiger partial charge in [-0.15, -0.1) is 0 Å². The van der Waals surface area contributed by atoms with E-state index in [0.29, 0.717) is 24.0 Å². The van der Waals surface area contributed by atoms with Gasteiger partial charge in [-0.25, -0.2) is 9.97 Å². The van der Waals surface area contributed by atoms with Crippen LogP contribution in [0.1, 0.15) is 41.6 Å². The van der Waals surface area contributed by atoms with Gasteiger partial charge in [0.1, 0.15) is 17.3 Å². The van der Waals surface area contributed by atoms with E-state index >= 15 is 0 Å². The van der Waals surface area contributed by atoms with E-state index in [2.05, 4.69) is 27.1 Å². The van der Waals surface area contributed by atoms with Crippen LogP contribution in [0.25, 0.3) is 0 Å². The molecule has 0 spiro atoms. The lowest BCUT2D eigenvalue weighted by molar-refractivity contribution is 0.0945. The summed E-state index contributed by atoms with van der Waals surface area (Å²) in [6, 6.07) is 11.7. The molecule has 1 saturated heterocycles. The lowest BCUT2D eigenvalue weighted by Crippen LogP contribution is -2.35. The summed E-state index contributed by atoms with van der Waals surface area (Å²) in [5.41, 5.74) is 1.51. The Morgan fingerprint density at radius 2 is 2.08 bits per heavy atom. The standard InChI is InChI=1S/C19H24N4O/c1-14-7-6-10-23(13-14)18-11-17(21-15(2)22-18)19(24)20-12-16-8-4-3-5-9-16/h3-5,8-9,11,14H,6-7,10,12-13H2,1-2H3,(H,20,24). The van der Waals surface area contributed by atoms with Crippen molar-refractivity contribution >= 4 is 11.7 Å². The number of rotatable bonds is 4. The normalized spacial score (nSPS) is 17.6. The van der Waals surface area contributed by atoms with E-state index in [0.717, 1.165) is 24.5 Å². The van der Waals surface area contributed by atoms with Crippen LogP contribution in [0.2, 0.25) is 0 Å². The molecule has 1 atom stereocenters. The topological polar surface area (TPSA) is 58.1 Å². The Morgan fingerprint density at radius 3 is 2.83 bits per heavy atom. The third-order valence-corrected chi connectivity index (χ3v) is 4.33. The van der Waals surface area contributed by atoms with Crippen LogP contribution in [0, 0.1) is 12.8 Å². The zero-order valence-corrected chi connectivity index (χ0v) is 14.3. The molecule has 0 radical (unpaired) electrons. The number of nitrogens with zero attached hydrogens (tertiary/aromatic N) is 3. The van der Waals surface area contributed by atoms with Crippen LogP contribution in [0.5, 0.6) is 0 Å². The molecule has 24 heavy (non-hydrogen) atoms. The van der Waals surface area contributed by atoms with Crippen molar-refractivity contribution in [2.24, 2.45) is 5.92 Å². The summed E-state index contributed by atoms with van der Waals surface area (Å²) in [4.78, 5) is 23.5. The van der Waals surface area contributed by atoms with E-state index in [1.54, 1.807) is 0 Å². The molecular formula is C19H24N4O. The van der Waals surface area contributed by atoms with Crippen LogP contribution >= 0.6 is 0 Å². The fourth-order valence-corrected chi connectivity index (χ4v) is 3.10. The molecular weight excluding hydrogens is 300 g/mol. The summed E-state index contributed by atoms with van der Waals surface area (Å²) < 4.78 is 0. The van der Waals surface area contributed by atoms with E-state index in [9.17, 15) is 4.79 Å². The second kappa shape index (κ2) is 7.43. The quantitative estimate of drug-likeness (QED) is 0.939. The Bertz CT molecular complexity index is 702. The van der Waals surface area contributed by atoms with E-state index in [4.69, 9.17) is 0 Å². The van der Waals surface area contributed by atoms with Crippen LogP contribution < -0.4 is 10.2 Å². The molecule has 1 aromatic carbocycles. The van der Waals surface area contributed by atoms with Crippen molar-refractivity contribution in [2.75, 3.05) is 18.0 Å². The van der Waals surface area contributed by atoms with Gasteiger partial charge in [-0.05, 0) is 31.2 Å². The minimum absolute atomic E-state index is 0.157. The number of nitrogens with one attached hydrogen (secondary N) is 1. The smallest absolute Gasteiger partial charge is 0.270 e. The van der Waals surface area contributed by atoms with Crippen molar-refractivity contribution in [2.45, 2.75) is 33.2 Å². The summed E-state index contributed by atoms with van der Waals surface area (Å²) in [5, 5.41) is 2.93. The highest BCUT2D eigenvalue weighted by Crippen LogP contribution is 2.21. The third-order valence-electron chi connectivity index (χ3n) is 4.33. The molecule has 0 saturated carbocycles. The number of amides is 1. The molecule has 3 rings (SSSR count). The van der Waals surface area contributed by atoms with Gasteiger partial charge in [-0.3, -0.25) is 4.79 Å². The van der Waals surface area contributed by atoms with Crippen molar-refractivity contribution in [3.8, 4) is 0 Å². The predicted octanol–water partition coefficient (Wildman–Crippen LogP) is 2.95. The minimum Gasteiger partial charge on any atom is -0.356 e. The second-order valence-corrected chi connectivity index (χ2v) is 6.52. The number of aromatic nitrogens is 2. The van der Waals surface area contributed by atoms with Crippen molar-refractivity contribution in [1.82, 2.24) is 15.3 Å². The molecule has 1 aromatic heterocycles. The molecule has 1 unspecified atom stereocenters. The van der Waals surface area contributed by atoms with E-state index in [1.807, 2.05) is 43.3 Å². The first-order valence-electron chi connectivity index (χ1n) is 8.54. The van der Waals surface area contributed by atoms with Gasteiger partial charge in [0, 0.05) is 25.7 Å². The SMILES string of the molecule is Cc1nc(C(=O)NCc2ccccc2)cc(N2CCCC(C)C2)n1. The zero-order chi connectivity index (χ0) is 16.9. The first kappa shape index (κ1) is 16.4. The van der Waals surface area contributed by atoms with E-state index < -0.39 is 0 Å². The van der Waals surface area contributed by atoms with Gasteiger partial charge in [0.05, 0.1) is 0 Å². The van der Waals surface area contributed by atoms with Gasteiger partial charge in [-0.2, -0.15) is 0 Å². The number of piperidine rings is 1. The number of benzene rings is 1. The number of hydrogen-bond donors (Lipinski definition) is 1. The minimum atomic E-state index is -0.157. The zero-order valence-electron chi connectivity index (χ0n) is 14.3. The predicted molar refractivity (Wildman–Crippen MR) is 95.0 cm³/mol. The first-order chi connectivity index (χ1) is 11.6. The number of aryl methyl sites for hydroxylation is 1. The molecule has 1 aliphatic rings. The summed E-state index contributed by atoms with van der Waals surface area (Å²) >= 11 is 0. The molecule has 1 fully saturated rings. The maximum atomic E-state index is 12.4. The molecule has 1 aliphatic heterocycles. The van der Waals surface area contributed by atoms with Crippen LogP contribution in [0.15, 0.2) is 36.4 Å². The average molecular weight is 324 g/mol. The van der Waals surface area contributed by atoms with Gasteiger partial charge in [0.25, 0.3) is 5.91 Å². The summed E-state index contributed by atoms with van der Waals surface area (Å²) in [6.07, 6.45) is 2.42. The third kappa shape index (κ3) is 4.10. The van der Waals surface area contributed by atoms with Gasteiger partial charge in [0.15, 0.2) is 0 Å². The van der Waals surface area contributed by atoms with Gasteiger partial charge < -0.3 is 10.2 Å². The Balaban J connectivity index is 1.72. The fraction of sp³-hybridized carbons (Fsp3) is 0.421. The number of hydrogen-bond acceptors (Lipinski definition) is 4. The highest BCUT2D eigenvalue weighted by molar-refractivity contribution is 5.92. The molecule has 0 aliphatic carbocycles. The van der Waals surface area contributed by atoms with E-state index in [1.165, 1.54) is 12.8 Å². The van der Waals surface area contributed by atoms with Gasteiger partial charge in [0.2, 0.25) is 0 Å². The monoisotopic (exact) mass is 324 g/mol. The Morgan fingerprint density at radius 1 is 1.29 bits per heavy atom. The van der Waals surface area contributed by atoms with E-state index in [-0.39, 0.29) is 5.91 Å². The second-order valence-electron chi connectivity index (χ2n) is 6.52. The Kier molecular flexibility index (Phi) is 5.08. The van der Waals surface area contributed by atoms with Crippen LogP contribution in [0.3, 0.4) is 0 Å². The number of carbonyl (C=O) groups is 1. The molecule has 2 heterocycles. The lowest BCUT2D eigenvalue weighted by Gasteiger charge is -2.32. The maximum absolute atomic E-state index is 12.4. The van der Waals surface area contributed by atoms with Gasteiger partial charge in [-0.1, -0.05) is 37.3 Å². The summed E-state index contributed by atoms with van der Waals surface area (Å²) in [6.45, 7) is 6.57. The van der Waals surface area contributed by atoms with Crippen molar-refractivity contribution in [1.29, 1.82) is 0 Å². The highest BCUT2D eigenvalue weighted by Gasteiger charge is 2.19. The Hall–Kier alpha value is -2.43. The Labute approximate surface area is 143 Å². The highest BCUT2D eigenvalue weighted by atomic mass is 16.1. The van der Waals surface area contributed by atoms with Gasteiger partial charge >= 0.3 is 0 Å². The number of carbonyl (C=O) groups excluding carboxylic acids is 1. The van der Waals surface area contributed by atoms with Crippen molar-refractivity contribution < 1.29 is 4.79 Å². The molecule has 0 bridgehead atoms. The number of anilines is 1. The molecule has 1 N–H and O–H groups in total. The van der Waals surface area contributed by atoms with Crippen LogP contribution in [-0.4, -0.2) is 29.0 Å². The van der Waals surface area contributed by atoms with Crippen LogP contribution in [-0.2, 0) is 6.54 Å². The summed E-state index contributed by atoms with van der Waals surface area (Å²) in [5.74, 6) is 1.99. The molecule has 1 amide bonds. The first-order valence-corrected chi connectivity index (χ1v) is 8.54. The largest absolute Gasteiger partial charge is 0.356 e. The van der Waals surface area contributed by atoms with Crippen molar-refractivity contribution in [3.63, 3.8) is 0 Å².